The first-order valence-electron chi connectivity index (χ1n) is 18.2. The molecular weight excluding hydrogens is 823 g/mol. The molecule has 3 aromatic rings. The van der Waals surface area contributed by atoms with Crippen LogP contribution in [0.4, 0.5) is 65.9 Å². The SMILES string of the molecule is O=[S@@](O[B-](c1c(F)c(F)c(F)c(F)c1F)(c1c(F)c(F)c(F)c(F)c1F)c1c(F)c(F)c(F)c(F)c1F)[P+](C1CCCCC1)(C1CCCCC1)C1CCCCC1. The molecule has 56 heavy (non-hydrogen) atoms. The van der Waals surface area contributed by atoms with Crippen molar-refractivity contribution >= 4 is 39.9 Å². The summed E-state index contributed by atoms with van der Waals surface area (Å²) in [6.45, 7) is -3.72. The summed E-state index contributed by atoms with van der Waals surface area (Å²) < 4.78 is 254. The lowest BCUT2D eigenvalue weighted by atomic mass is 9.28. The lowest BCUT2D eigenvalue weighted by Crippen LogP contribution is -2.75. The fraction of sp³-hybridized carbons (Fsp3) is 0.500. The number of rotatable bonds is 9. The van der Waals surface area contributed by atoms with Gasteiger partial charge in [0, 0.05) is 0 Å². The molecule has 0 aromatic heterocycles. The van der Waals surface area contributed by atoms with Gasteiger partial charge < -0.3 is 4.10 Å². The van der Waals surface area contributed by atoms with E-state index in [1.165, 1.54) is 0 Å². The van der Waals surface area contributed by atoms with Gasteiger partial charge in [-0.15, -0.1) is 0 Å². The highest BCUT2D eigenvalue weighted by Crippen LogP contribution is 2.80. The van der Waals surface area contributed by atoms with Gasteiger partial charge in [-0.3, -0.25) is 0 Å². The van der Waals surface area contributed by atoms with Gasteiger partial charge in [0.05, 0.1) is 17.0 Å². The second-order valence-corrected chi connectivity index (χ2v) is 21.8. The molecule has 0 amide bonds. The summed E-state index contributed by atoms with van der Waals surface area (Å²) in [5, 5.41) is 0. The molecular formula is C36H33BF15O2PS. The minimum Gasteiger partial charge on any atom is -0.463 e. The Morgan fingerprint density at radius 2 is 0.554 bits per heavy atom. The normalized spacial score (nSPS) is 18.8. The van der Waals surface area contributed by atoms with E-state index in [1.807, 2.05) is 0 Å². The monoisotopic (exact) mass is 856 g/mol. The van der Waals surface area contributed by atoms with Gasteiger partial charge in [-0.05, 0) is 77.0 Å². The quantitative estimate of drug-likeness (QED) is 0.0705. The Bertz CT molecular complexity index is 1750. The fourth-order valence-corrected chi connectivity index (χ4v) is 21.1. The van der Waals surface area contributed by atoms with Crippen LogP contribution in [0, 0.1) is 87.3 Å². The van der Waals surface area contributed by atoms with Crippen LogP contribution in [-0.4, -0.2) is 27.5 Å². The molecule has 0 unspecified atom stereocenters. The van der Waals surface area contributed by atoms with Crippen LogP contribution in [0.15, 0.2) is 0 Å². The first-order chi connectivity index (χ1) is 26.5. The lowest BCUT2D eigenvalue weighted by molar-refractivity contribution is 0.376. The molecule has 0 spiro atoms. The molecule has 3 aliphatic carbocycles. The molecule has 3 aromatic carbocycles. The van der Waals surface area contributed by atoms with Crippen molar-refractivity contribution in [2.45, 2.75) is 113 Å². The average Bonchev–Trinajstić information content (AvgIpc) is 3.20. The maximum absolute atomic E-state index is 16.3. The topological polar surface area (TPSA) is 26.3 Å². The van der Waals surface area contributed by atoms with E-state index in [4.69, 9.17) is 4.10 Å². The summed E-state index contributed by atoms with van der Waals surface area (Å²) in [6, 6.07) is 0. The summed E-state index contributed by atoms with van der Waals surface area (Å²) in [7, 11) is -3.46. The van der Waals surface area contributed by atoms with Crippen molar-refractivity contribution in [3.8, 4) is 0 Å². The molecule has 0 heterocycles. The van der Waals surface area contributed by atoms with E-state index in [9.17, 15) is 13.2 Å². The second-order valence-electron chi connectivity index (χ2n) is 14.7. The van der Waals surface area contributed by atoms with Crippen molar-refractivity contribution in [2.75, 3.05) is 0 Å². The predicted molar refractivity (Wildman–Crippen MR) is 180 cm³/mol. The Hall–Kier alpha value is -2.79. The van der Waals surface area contributed by atoms with E-state index in [1.54, 1.807) is 0 Å². The minimum atomic E-state index is -6.38. The molecule has 6 rings (SSSR count). The van der Waals surface area contributed by atoms with Gasteiger partial charge in [-0.25, -0.2) is 65.9 Å². The van der Waals surface area contributed by atoms with Crippen LogP contribution < -0.4 is 16.4 Å². The van der Waals surface area contributed by atoms with Gasteiger partial charge in [0.15, 0.2) is 52.4 Å². The zero-order chi connectivity index (χ0) is 41.0. The lowest BCUT2D eigenvalue weighted by Gasteiger charge is -2.50. The van der Waals surface area contributed by atoms with Crippen LogP contribution in [0.5, 0.6) is 0 Å². The Kier molecular flexibility index (Phi) is 12.6. The number of halogens is 15. The van der Waals surface area contributed by atoms with E-state index in [0.717, 1.165) is 0 Å². The van der Waals surface area contributed by atoms with Crippen molar-refractivity contribution in [3.63, 3.8) is 0 Å². The first-order valence-corrected chi connectivity index (χ1v) is 21.9. The second kappa shape index (κ2) is 16.5. The highest BCUT2D eigenvalue weighted by molar-refractivity contribution is 8.53. The zero-order valence-electron chi connectivity index (χ0n) is 29.3. The van der Waals surface area contributed by atoms with Crippen molar-refractivity contribution in [2.24, 2.45) is 0 Å². The first kappa shape index (κ1) is 42.8. The standard InChI is InChI=1S/C36H33BF15O2PS/c38-22-19(23(39)29(45)34(50)28(22)44)37(20-24(40)30(46)35(51)31(47)25(20)41,21-26(42)32(48)36(52)33(49)27(21)43)54-56(53)55(16-10-4-1-5-11-16,17-12-6-2-7-13-17)18-14-8-3-9-15-18/h16-18H,1-15H2/t56-/m0/s1. The summed E-state index contributed by atoms with van der Waals surface area (Å²) in [4.78, 5) is 0. The molecule has 0 bridgehead atoms. The van der Waals surface area contributed by atoms with Crippen LogP contribution in [0.3, 0.4) is 0 Å². The molecule has 3 fully saturated rings. The number of hydrogen-bond acceptors (Lipinski definition) is 2. The van der Waals surface area contributed by atoms with Crippen LogP contribution in [0.25, 0.3) is 0 Å². The molecule has 308 valence electrons. The fourth-order valence-electron chi connectivity index (χ4n) is 9.43. The molecule has 3 saturated carbocycles. The van der Waals surface area contributed by atoms with Gasteiger partial charge >= 0.3 is 0 Å². The van der Waals surface area contributed by atoms with E-state index in [-0.39, 0.29) is 0 Å². The molecule has 20 heteroatoms. The van der Waals surface area contributed by atoms with E-state index in [0.29, 0.717) is 96.3 Å². The molecule has 0 saturated heterocycles. The Labute approximate surface area is 314 Å². The minimum absolute atomic E-state index is 0.295. The third kappa shape index (κ3) is 6.57. The smallest absolute Gasteiger partial charge is 0.258 e. The maximum Gasteiger partial charge on any atom is 0.258 e. The molecule has 0 aliphatic heterocycles. The van der Waals surface area contributed by atoms with Crippen LogP contribution in [0.1, 0.15) is 96.3 Å². The van der Waals surface area contributed by atoms with Crippen molar-refractivity contribution in [1.82, 2.24) is 0 Å². The van der Waals surface area contributed by atoms with E-state index >= 15 is 56.9 Å². The average molecular weight is 856 g/mol. The molecule has 3 aliphatic rings. The highest BCUT2D eigenvalue weighted by atomic mass is 32.8. The van der Waals surface area contributed by atoms with Crippen molar-refractivity contribution < 1.29 is 74.2 Å². The molecule has 1 atom stereocenters. The Morgan fingerprint density at radius 3 is 0.768 bits per heavy atom. The van der Waals surface area contributed by atoms with Gasteiger partial charge in [-0.1, -0.05) is 35.7 Å². The third-order valence-corrected chi connectivity index (χ3v) is 22.3. The van der Waals surface area contributed by atoms with Gasteiger partial charge in [-0.2, -0.15) is 4.21 Å². The van der Waals surface area contributed by atoms with Gasteiger partial charge in [0.1, 0.15) is 41.4 Å². The van der Waals surface area contributed by atoms with Crippen LogP contribution in [-0.2, 0) is 14.8 Å². The molecule has 0 N–H and O–H groups in total. The van der Waals surface area contributed by atoms with Gasteiger partial charge in [0.2, 0.25) is 6.35 Å². The third-order valence-electron chi connectivity index (χ3n) is 11.9. The van der Waals surface area contributed by atoms with Gasteiger partial charge in [0.25, 0.3) is 10.7 Å². The van der Waals surface area contributed by atoms with Crippen molar-refractivity contribution in [3.05, 3.63) is 87.3 Å². The number of hydrogen-bond donors (Lipinski definition) is 0. The predicted octanol–water partition coefficient (Wildman–Crippen LogP) is 10.4. The summed E-state index contributed by atoms with van der Waals surface area (Å²) in [5.74, 6) is -46.7. The number of benzene rings is 3. The summed E-state index contributed by atoms with van der Waals surface area (Å²) >= 11 is 0. The molecule has 0 radical (unpaired) electrons. The highest BCUT2D eigenvalue weighted by Gasteiger charge is 2.65. The van der Waals surface area contributed by atoms with Crippen LogP contribution >= 0.6 is 6.46 Å². The Morgan fingerprint density at radius 1 is 0.357 bits per heavy atom. The van der Waals surface area contributed by atoms with Crippen LogP contribution in [0.2, 0.25) is 0 Å². The van der Waals surface area contributed by atoms with E-state index in [2.05, 4.69) is 0 Å². The maximum atomic E-state index is 16.3. The molecule has 2 nitrogen and oxygen atoms in total. The summed E-state index contributed by atoms with van der Waals surface area (Å²) in [5.41, 5.74) is -10.6. The van der Waals surface area contributed by atoms with E-state index < -0.39 is 144 Å². The zero-order valence-corrected chi connectivity index (χ0v) is 31.0. The van der Waals surface area contributed by atoms with Crippen molar-refractivity contribution in [1.29, 1.82) is 0 Å². The largest absolute Gasteiger partial charge is 0.463 e. The summed E-state index contributed by atoms with van der Waals surface area (Å²) in [6.07, 6.45) is 0.445. The Balaban J connectivity index is 1.86.